The van der Waals surface area contributed by atoms with E-state index in [1.165, 1.54) is 0 Å². The molecular formula is C18H25N3O3S. The molecule has 1 aliphatic heterocycles. The van der Waals surface area contributed by atoms with Crippen LogP contribution in [0.25, 0.3) is 10.9 Å². The fourth-order valence-electron chi connectivity index (χ4n) is 3.16. The first-order valence-corrected chi connectivity index (χ1v) is 10.1. The summed E-state index contributed by atoms with van der Waals surface area (Å²) in [5.41, 5.74) is 7.02. The van der Waals surface area contributed by atoms with Gasteiger partial charge in [0, 0.05) is 31.3 Å². The summed E-state index contributed by atoms with van der Waals surface area (Å²) >= 11 is 0. The number of benzene rings is 1. The highest BCUT2D eigenvalue weighted by Crippen LogP contribution is 2.27. The van der Waals surface area contributed by atoms with Gasteiger partial charge >= 0.3 is 0 Å². The highest BCUT2D eigenvalue weighted by atomic mass is 32.2. The Balaban J connectivity index is 1.77. The number of hydrogen-bond acceptors (Lipinski definition) is 5. The van der Waals surface area contributed by atoms with E-state index in [1.54, 1.807) is 22.6 Å². The van der Waals surface area contributed by atoms with Gasteiger partial charge in [-0.15, -0.1) is 0 Å². The van der Waals surface area contributed by atoms with Gasteiger partial charge in [-0.25, -0.2) is 8.42 Å². The molecule has 0 atom stereocenters. The van der Waals surface area contributed by atoms with E-state index in [-0.39, 0.29) is 11.0 Å². The van der Waals surface area contributed by atoms with Crippen molar-refractivity contribution in [3.63, 3.8) is 0 Å². The second-order valence-corrected chi connectivity index (χ2v) is 8.36. The summed E-state index contributed by atoms with van der Waals surface area (Å²) in [5, 5.41) is 0.848. The zero-order chi connectivity index (χ0) is 17.9. The van der Waals surface area contributed by atoms with Crippen LogP contribution in [0.1, 0.15) is 24.8 Å². The summed E-state index contributed by atoms with van der Waals surface area (Å²) in [6.45, 7) is 4.14. The number of hydrogen-bond donors (Lipinski definition) is 1. The molecule has 1 saturated heterocycles. The number of aromatic nitrogens is 1. The molecule has 2 N–H and O–H groups in total. The third kappa shape index (κ3) is 4.00. The van der Waals surface area contributed by atoms with Gasteiger partial charge in [-0.2, -0.15) is 4.31 Å². The number of aryl methyl sites for hydroxylation is 1. The zero-order valence-corrected chi connectivity index (χ0v) is 15.3. The van der Waals surface area contributed by atoms with Gasteiger partial charge in [0.25, 0.3) is 0 Å². The SMILES string of the molecule is Cc1cnc2c(S(=O)(=O)N3CCC(OCCCN)CC3)cccc2c1. The van der Waals surface area contributed by atoms with Crippen LogP contribution in [0.3, 0.4) is 0 Å². The van der Waals surface area contributed by atoms with Crippen LogP contribution in [0.5, 0.6) is 0 Å². The van der Waals surface area contributed by atoms with Crippen LogP contribution in [0.15, 0.2) is 35.4 Å². The van der Waals surface area contributed by atoms with Crippen LogP contribution in [0.2, 0.25) is 0 Å². The van der Waals surface area contributed by atoms with Crippen molar-refractivity contribution in [2.24, 2.45) is 5.73 Å². The van der Waals surface area contributed by atoms with Crippen LogP contribution in [0.4, 0.5) is 0 Å². The number of fused-ring (bicyclic) bond motifs is 1. The lowest BCUT2D eigenvalue weighted by Crippen LogP contribution is -2.41. The van der Waals surface area contributed by atoms with Gasteiger partial charge in [0.05, 0.1) is 11.6 Å². The molecule has 2 aromatic rings. The molecule has 0 unspecified atom stereocenters. The molecule has 3 rings (SSSR count). The van der Waals surface area contributed by atoms with Crippen molar-refractivity contribution in [3.8, 4) is 0 Å². The maximum Gasteiger partial charge on any atom is 0.245 e. The lowest BCUT2D eigenvalue weighted by atomic mass is 10.1. The number of nitrogens with zero attached hydrogens (tertiary/aromatic N) is 2. The number of sulfonamides is 1. The van der Waals surface area contributed by atoms with Crippen LogP contribution >= 0.6 is 0 Å². The zero-order valence-electron chi connectivity index (χ0n) is 14.5. The largest absolute Gasteiger partial charge is 0.378 e. The van der Waals surface area contributed by atoms with Gasteiger partial charge in [-0.05, 0) is 50.4 Å². The first-order chi connectivity index (χ1) is 12.0. The Morgan fingerprint density at radius 2 is 2.08 bits per heavy atom. The molecule has 1 aliphatic rings. The Morgan fingerprint density at radius 1 is 1.32 bits per heavy atom. The van der Waals surface area contributed by atoms with Crippen molar-refractivity contribution in [1.82, 2.24) is 9.29 Å². The molecular weight excluding hydrogens is 338 g/mol. The van der Waals surface area contributed by atoms with Gasteiger partial charge in [0.2, 0.25) is 10.0 Å². The molecule has 6 nitrogen and oxygen atoms in total. The predicted molar refractivity (Wildman–Crippen MR) is 97.9 cm³/mol. The molecule has 136 valence electrons. The van der Waals surface area contributed by atoms with E-state index in [9.17, 15) is 8.42 Å². The molecule has 25 heavy (non-hydrogen) atoms. The summed E-state index contributed by atoms with van der Waals surface area (Å²) in [7, 11) is -3.55. The Hall–Kier alpha value is -1.54. The molecule has 1 aromatic heterocycles. The Kier molecular flexibility index (Phi) is 5.68. The molecule has 0 radical (unpaired) electrons. The summed E-state index contributed by atoms with van der Waals surface area (Å²) in [6.07, 6.45) is 4.08. The van der Waals surface area contributed by atoms with E-state index in [2.05, 4.69) is 4.98 Å². The fourth-order valence-corrected chi connectivity index (χ4v) is 4.80. The standard InChI is InChI=1S/C18H25N3O3S/c1-14-12-15-4-2-5-17(18(15)20-13-14)25(22,23)21-9-6-16(7-10-21)24-11-3-8-19/h2,4-5,12-13,16H,3,6-11,19H2,1H3. The number of rotatable bonds is 6. The lowest BCUT2D eigenvalue weighted by Gasteiger charge is -2.31. The van der Waals surface area contributed by atoms with Crippen molar-refractivity contribution in [2.45, 2.75) is 37.2 Å². The Labute approximate surface area is 149 Å². The Morgan fingerprint density at radius 3 is 2.80 bits per heavy atom. The number of nitrogens with two attached hydrogens (primary N) is 1. The van der Waals surface area contributed by atoms with Crippen LogP contribution < -0.4 is 5.73 Å². The highest BCUT2D eigenvalue weighted by molar-refractivity contribution is 7.89. The molecule has 1 fully saturated rings. The average molecular weight is 363 g/mol. The summed E-state index contributed by atoms with van der Waals surface area (Å²) < 4.78 is 33.5. The number of para-hydroxylation sites is 1. The summed E-state index contributed by atoms with van der Waals surface area (Å²) in [6, 6.07) is 7.27. The molecule has 7 heteroatoms. The van der Waals surface area contributed by atoms with E-state index in [0.29, 0.717) is 44.6 Å². The van der Waals surface area contributed by atoms with E-state index in [4.69, 9.17) is 10.5 Å². The van der Waals surface area contributed by atoms with E-state index in [0.717, 1.165) is 17.4 Å². The third-order valence-corrected chi connectivity index (χ3v) is 6.46. The van der Waals surface area contributed by atoms with Crippen molar-refractivity contribution in [2.75, 3.05) is 26.2 Å². The van der Waals surface area contributed by atoms with Crippen molar-refractivity contribution < 1.29 is 13.2 Å². The number of ether oxygens (including phenoxy) is 1. The van der Waals surface area contributed by atoms with Crippen molar-refractivity contribution >= 4 is 20.9 Å². The monoisotopic (exact) mass is 363 g/mol. The smallest absolute Gasteiger partial charge is 0.245 e. The van der Waals surface area contributed by atoms with Crippen molar-refractivity contribution in [3.05, 3.63) is 36.0 Å². The van der Waals surface area contributed by atoms with Crippen LogP contribution in [-0.4, -0.2) is 50.1 Å². The highest BCUT2D eigenvalue weighted by Gasteiger charge is 2.31. The van der Waals surface area contributed by atoms with Crippen LogP contribution in [-0.2, 0) is 14.8 Å². The van der Waals surface area contributed by atoms with Crippen LogP contribution in [0, 0.1) is 6.92 Å². The maximum absolute atomic E-state index is 13.1. The molecule has 1 aromatic carbocycles. The molecule has 0 aliphatic carbocycles. The van der Waals surface area contributed by atoms with Gasteiger partial charge in [-0.3, -0.25) is 4.98 Å². The van der Waals surface area contributed by atoms with Gasteiger partial charge in [0.1, 0.15) is 4.90 Å². The molecule has 0 spiro atoms. The first-order valence-electron chi connectivity index (χ1n) is 8.69. The topological polar surface area (TPSA) is 85.5 Å². The summed E-state index contributed by atoms with van der Waals surface area (Å²) in [5.74, 6) is 0. The minimum atomic E-state index is -3.55. The molecule has 2 heterocycles. The second kappa shape index (κ2) is 7.78. The average Bonchev–Trinajstić information content (AvgIpc) is 2.61. The maximum atomic E-state index is 13.1. The van der Waals surface area contributed by atoms with E-state index < -0.39 is 10.0 Å². The second-order valence-electron chi connectivity index (χ2n) is 6.46. The van der Waals surface area contributed by atoms with Gasteiger partial charge in [-0.1, -0.05) is 12.1 Å². The van der Waals surface area contributed by atoms with Gasteiger partial charge < -0.3 is 10.5 Å². The van der Waals surface area contributed by atoms with E-state index in [1.807, 2.05) is 19.1 Å². The van der Waals surface area contributed by atoms with Gasteiger partial charge in [0.15, 0.2) is 0 Å². The molecule has 0 amide bonds. The van der Waals surface area contributed by atoms with E-state index >= 15 is 0 Å². The third-order valence-electron chi connectivity index (χ3n) is 4.53. The minimum absolute atomic E-state index is 0.117. The first kappa shape index (κ1) is 18.3. The quantitative estimate of drug-likeness (QED) is 0.794. The molecule has 0 saturated carbocycles. The normalized spacial score (nSPS) is 17.2. The predicted octanol–water partition coefficient (Wildman–Crippen LogP) is 2.06. The lowest BCUT2D eigenvalue weighted by molar-refractivity contribution is 0.0209. The number of pyridine rings is 1. The Bertz CT molecular complexity index is 831. The minimum Gasteiger partial charge on any atom is -0.378 e. The summed E-state index contributed by atoms with van der Waals surface area (Å²) in [4.78, 5) is 4.65. The number of piperidine rings is 1. The van der Waals surface area contributed by atoms with Crippen molar-refractivity contribution in [1.29, 1.82) is 0 Å². The molecule has 0 bridgehead atoms. The fraction of sp³-hybridized carbons (Fsp3) is 0.500.